The predicted molar refractivity (Wildman–Crippen MR) is 51.0 cm³/mol. The maximum atomic E-state index is 10.9. The van der Waals surface area contributed by atoms with Crippen molar-refractivity contribution in [2.75, 3.05) is 13.1 Å². The van der Waals surface area contributed by atoms with Crippen molar-refractivity contribution in [3.63, 3.8) is 0 Å². The summed E-state index contributed by atoms with van der Waals surface area (Å²) < 4.78 is 0. The molecule has 0 saturated carbocycles. The summed E-state index contributed by atoms with van der Waals surface area (Å²) in [5.74, 6) is -1.08. The smallest absolute Gasteiger partial charge is 0.308 e. The van der Waals surface area contributed by atoms with Gasteiger partial charge in [-0.2, -0.15) is 0 Å². The summed E-state index contributed by atoms with van der Waals surface area (Å²) in [6.07, 6.45) is 1.70. The van der Waals surface area contributed by atoms with Crippen LogP contribution in [0, 0.1) is 5.92 Å². The number of nitrogens with zero attached hydrogens (tertiary/aromatic N) is 1. The average molecular weight is 192 g/mol. The minimum Gasteiger partial charge on any atom is -0.481 e. The zero-order valence-corrected chi connectivity index (χ0v) is 7.68. The van der Waals surface area contributed by atoms with Crippen LogP contribution in [0.25, 0.3) is 0 Å². The number of rotatable bonds is 2. The van der Waals surface area contributed by atoms with Crippen molar-refractivity contribution in [1.29, 1.82) is 0 Å². The largest absolute Gasteiger partial charge is 0.481 e. The van der Waals surface area contributed by atoms with Crippen LogP contribution in [0.1, 0.15) is 11.6 Å². The van der Waals surface area contributed by atoms with Crippen molar-refractivity contribution < 1.29 is 9.90 Å². The molecule has 4 heteroatoms. The minimum absolute atomic E-state index is 0.00806. The number of pyridine rings is 1. The molecule has 0 aromatic carbocycles. The number of nitrogens with one attached hydrogen (secondary N) is 1. The van der Waals surface area contributed by atoms with Gasteiger partial charge in [0.25, 0.3) is 0 Å². The molecule has 2 N–H and O–H groups in total. The van der Waals surface area contributed by atoms with Crippen molar-refractivity contribution in [2.24, 2.45) is 5.92 Å². The van der Waals surface area contributed by atoms with Gasteiger partial charge < -0.3 is 10.4 Å². The Morgan fingerprint density at radius 2 is 2.36 bits per heavy atom. The minimum atomic E-state index is -0.745. The number of hydrogen-bond donors (Lipinski definition) is 2. The number of carboxylic acids is 1. The van der Waals surface area contributed by atoms with E-state index in [2.05, 4.69) is 10.3 Å². The fourth-order valence-corrected chi connectivity index (χ4v) is 1.84. The third kappa shape index (κ3) is 1.61. The maximum Gasteiger partial charge on any atom is 0.308 e. The summed E-state index contributed by atoms with van der Waals surface area (Å²) in [4.78, 5) is 15.1. The van der Waals surface area contributed by atoms with Gasteiger partial charge in [-0.05, 0) is 12.1 Å². The van der Waals surface area contributed by atoms with Crippen molar-refractivity contribution in [1.82, 2.24) is 10.3 Å². The van der Waals surface area contributed by atoms with Crippen molar-refractivity contribution >= 4 is 5.97 Å². The molecule has 1 aromatic rings. The molecule has 0 radical (unpaired) electrons. The van der Waals surface area contributed by atoms with Crippen molar-refractivity contribution in [2.45, 2.75) is 5.92 Å². The second-order valence-corrected chi connectivity index (χ2v) is 3.46. The zero-order chi connectivity index (χ0) is 9.97. The quantitative estimate of drug-likeness (QED) is 0.715. The number of carbonyl (C=O) groups is 1. The first-order valence-corrected chi connectivity index (χ1v) is 4.63. The topological polar surface area (TPSA) is 62.2 Å². The Bertz CT molecular complexity index is 326. The second-order valence-electron chi connectivity index (χ2n) is 3.46. The number of aromatic nitrogens is 1. The molecular formula is C10H12N2O2. The summed E-state index contributed by atoms with van der Waals surface area (Å²) in [7, 11) is 0. The third-order valence-corrected chi connectivity index (χ3v) is 2.60. The van der Waals surface area contributed by atoms with Gasteiger partial charge >= 0.3 is 5.97 Å². The van der Waals surface area contributed by atoms with E-state index in [-0.39, 0.29) is 11.8 Å². The van der Waals surface area contributed by atoms with Crippen LogP contribution in [0.5, 0.6) is 0 Å². The standard InChI is InChI=1S/C10H12N2O2/c13-10(14)8-6-11-5-7(8)9-3-1-2-4-12-9/h1-4,7-8,11H,5-6H2,(H,13,14)/t7-,8-/m1/s1. The first kappa shape index (κ1) is 9.15. The van der Waals surface area contributed by atoms with Gasteiger partial charge in [-0.25, -0.2) is 0 Å². The van der Waals surface area contributed by atoms with Gasteiger partial charge in [0.15, 0.2) is 0 Å². The Hall–Kier alpha value is -1.42. The molecule has 2 heterocycles. The summed E-state index contributed by atoms with van der Waals surface area (Å²) in [5.41, 5.74) is 0.866. The maximum absolute atomic E-state index is 10.9. The van der Waals surface area contributed by atoms with E-state index in [4.69, 9.17) is 5.11 Å². The van der Waals surface area contributed by atoms with Gasteiger partial charge in [-0.1, -0.05) is 6.07 Å². The highest BCUT2D eigenvalue weighted by Gasteiger charge is 2.34. The van der Waals surface area contributed by atoms with Crippen molar-refractivity contribution in [3.05, 3.63) is 30.1 Å². The van der Waals surface area contributed by atoms with Gasteiger partial charge in [0.05, 0.1) is 5.92 Å². The number of aliphatic carboxylic acids is 1. The van der Waals surface area contributed by atoms with Gasteiger partial charge in [0, 0.05) is 30.9 Å². The molecule has 2 rings (SSSR count). The summed E-state index contributed by atoms with van der Waals surface area (Å²) in [6.45, 7) is 1.24. The van der Waals surface area contributed by atoms with Crippen molar-refractivity contribution in [3.8, 4) is 0 Å². The van der Waals surface area contributed by atoms with Crippen LogP contribution in [0.3, 0.4) is 0 Å². The first-order valence-electron chi connectivity index (χ1n) is 4.63. The lowest BCUT2D eigenvalue weighted by Gasteiger charge is -2.13. The Morgan fingerprint density at radius 1 is 1.50 bits per heavy atom. The van der Waals surface area contributed by atoms with Crippen LogP contribution < -0.4 is 5.32 Å². The Balaban J connectivity index is 2.22. The van der Waals surface area contributed by atoms with Gasteiger partial charge in [-0.3, -0.25) is 9.78 Å². The first-order chi connectivity index (χ1) is 6.79. The molecule has 1 aliphatic rings. The lowest BCUT2D eigenvalue weighted by molar-refractivity contribution is -0.141. The number of hydrogen-bond acceptors (Lipinski definition) is 3. The molecule has 0 aliphatic carbocycles. The second kappa shape index (κ2) is 3.75. The van der Waals surface area contributed by atoms with Crippen LogP contribution in [-0.4, -0.2) is 29.1 Å². The van der Waals surface area contributed by atoms with E-state index in [1.807, 2.05) is 18.2 Å². The van der Waals surface area contributed by atoms with Gasteiger partial charge in [0.2, 0.25) is 0 Å². The van der Waals surface area contributed by atoms with Crippen LogP contribution in [0.4, 0.5) is 0 Å². The lowest BCUT2D eigenvalue weighted by Crippen LogP contribution is -2.21. The molecule has 74 valence electrons. The average Bonchev–Trinajstić information content (AvgIpc) is 2.67. The van der Waals surface area contributed by atoms with Gasteiger partial charge in [0.1, 0.15) is 0 Å². The van der Waals surface area contributed by atoms with Crippen LogP contribution in [-0.2, 0) is 4.79 Å². The van der Waals surface area contributed by atoms with E-state index < -0.39 is 5.97 Å². The lowest BCUT2D eigenvalue weighted by atomic mass is 9.93. The highest BCUT2D eigenvalue weighted by atomic mass is 16.4. The Labute approximate surface area is 82.0 Å². The zero-order valence-electron chi connectivity index (χ0n) is 7.68. The molecule has 0 bridgehead atoms. The van der Waals surface area contributed by atoms with E-state index in [1.54, 1.807) is 6.20 Å². The molecule has 0 unspecified atom stereocenters. The van der Waals surface area contributed by atoms with Crippen LogP contribution in [0.15, 0.2) is 24.4 Å². The Morgan fingerprint density at radius 3 is 3.00 bits per heavy atom. The SMILES string of the molecule is O=C(O)[C@@H]1CNC[C@H]1c1ccccn1. The molecular weight excluding hydrogens is 180 g/mol. The molecule has 1 aromatic heterocycles. The summed E-state index contributed by atoms with van der Waals surface area (Å²) in [6, 6.07) is 5.61. The summed E-state index contributed by atoms with van der Waals surface area (Å²) >= 11 is 0. The van der Waals surface area contributed by atoms with E-state index in [0.717, 1.165) is 5.69 Å². The molecule has 0 amide bonds. The molecule has 0 spiro atoms. The van der Waals surface area contributed by atoms with E-state index in [9.17, 15) is 4.79 Å². The fourth-order valence-electron chi connectivity index (χ4n) is 1.84. The Kier molecular flexibility index (Phi) is 2.45. The normalized spacial score (nSPS) is 26.3. The summed E-state index contributed by atoms with van der Waals surface area (Å²) in [5, 5.41) is 12.1. The molecule has 1 fully saturated rings. The fraction of sp³-hybridized carbons (Fsp3) is 0.400. The van der Waals surface area contributed by atoms with E-state index in [0.29, 0.717) is 13.1 Å². The van der Waals surface area contributed by atoms with Gasteiger partial charge in [-0.15, -0.1) is 0 Å². The molecule has 1 saturated heterocycles. The monoisotopic (exact) mass is 192 g/mol. The highest BCUT2D eigenvalue weighted by molar-refractivity contribution is 5.72. The van der Waals surface area contributed by atoms with Crippen LogP contribution in [0.2, 0.25) is 0 Å². The third-order valence-electron chi connectivity index (χ3n) is 2.60. The molecule has 4 nitrogen and oxygen atoms in total. The predicted octanol–water partition coefficient (Wildman–Crippen LogP) is 0.469. The highest BCUT2D eigenvalue weighted by Crippen LogP contribution is 2.26. The van der Waals surface area contributed by atoms with Crippen LogP contribution >= 0.6 is 0 Å². The molecule has 1 aliphatic heterocycles. The molecule has 2 atom stereocenters. The number of carboxylic acid groups (broad SMARTS) is 1. The molecule has 14 heavy (non-hydrogen) atoms. The van der Waals surface area contributed by atoms with E-state index >= 15 is 0 Å². The van der Waals surface area contributed by atoms with E-state index in [1.165, 1.54) is 0 Å².